The standard InChI is InChI=1S/C18H18Cl2F3NO3S.C15H12Cl2F3NO3S.C9H9ClF3NO.C9H10F3NO.C6H4Cl2O2S.C4H10.CH4/c1-11(2)24(28(26,27)16-7-5-4-6-13(16)19)15-9-8-12(10-14(15)20)17(3,25)18(21,22)23;1-14(22,15(18,19)20)9-6-7-12(11(17)8-9)21-25(23,24)13-5-3-2-4-10(13)16;1-8(15,9(11,12)13)5-2-3-7(14)6(10)4-5;1-8(14,9(10,11)12)6-2-4-7(13)5-3-6;7-5-3-1-2-4-6(5)11(8,9)10;1-4(2)3;/h4-11,25H,1-3H3;2-8,21-22H,1H3;2-4,15H,14H2,1H3;2-5,14H,13H2,1H3;1-4H;4H,1-3H3;1H4. The molecule has 4 unspecified atom stereocenters. The molecule has 4 atom stereocenters. The van der Waals surface area contributed by atoms with Crippen LogP contribution < -0.4 is 20.5 Å². The fraction of sp³-hybridized carbons (Fsp3) is 0.323. The predicted molar refractivity (Wildman–Crippen MR) is 362 cm³/mol. The Morgan fingerprint density at radius 3 is 1.04 bits per heavy atom. The fourth-order valence-electron chi connectivity index (χ4n) is 7.13. The molecule has 0 spiro atoms. The highest BCUT2D eigenvalue weighted by molar-refractivity contribution is 8.13. The highest BCUT2D eigenvalue weighted by Crippen LogP contribution is 2.45. The summed E-state index contributed by atoms with van der Waals surface area (Å²) in [6, 6.07) is 31.0. The summed E-state index contributed by atoms with van der Waals surface area (Å²) in [5.41, 5.74) is -2.62. The molecule has 0 fully saturated rings. The fourth-order valence-corrected chi connectivity index (χ4v) is 13.2. The molecule has 7 rings (SSSR count). The van der Waals surface area contributed by atoms with Crippen molar-refractivity contribution < 1.29 is 98.4 Å². The van der Waals surface area contributed by atoms with Crippen LogP contribution in [0.15, 0.2) is 166 Å². The Balaban J connectivity index is 0.000000625. The Kier molecular flexibility index (Phi) is 32.4. The van der Waals surface area contributed by atoms with Crippen molar-refractivity contribution in [2.75, 3.05) is 20.5 Å². The molecule has 0 saturated heterocycles. The van der Waals surface area contributed by atoms with Gasteiger partial charge in [0.2, 0.25) is 0 Å². The van der Waals surface area contributed by atoms with Crippen LogP contribution in [0.3, 0.4) is 0 Å². The molecule has 0 aliphatic rings. The summed E-state index contributed by atoms with van der Waals surface area (Å²) < 4.78 is 228. The Morgan fingerprint density at radius 2 is 0.724 bits per heavy atom. The molecular formula is C62H67Cl7F12N4O10S3. The van der Waals surface area contributed by atoms with Gasteiger partial charge >= 0.3 is 24.7 Å². The molecule has 546 valence electrons. The number of aliphatic hydroxyl groups is 4. The van der Waals surface area contributed by atoms with Crippen LogP contribution in [-0.4, -0.2) is 76.4 Å². The molecule has 0 aromatic heterocycles. The highest BCUT2D eigenvalue weighted by atomic mass is 35.7. The molecule has 9 N–H and O–H groups in total. The van der Waals surface area contributed by atoms with Gasteiger partial charge in [-0.15, -0.1) is 0 Å². The summed E-state index contributed by atoms with van der Waals surface area (Å²) >= 11 is 35.0. The van der Waals surface area contributed by atoms with Crippen LogP contribution in [-0.2, 0) is 51.5 Å². The van der Waals surface area contributed by atoms with Gasteiger partial charge in [0, 0.05) is 22.4 Å². The number of hydrogen-bond donors (Lipinski definition) is 7. The third kappa shape index (κ3) is 24.1. The normalized spacial score (nSPS) is 14.5. The first kappa shape index (κ1) is 90.6. The second-order valence-electron chi connectivity index (χ2n) is 22.0. The van der Waals surface area contributed by atoms with Crippen LogP contribution in [0.5, 0.6) is 0 Å². The lowest BCUT2D eigenvalue weighted by atomic mass is 9.95. The maximum atomic E-state index is 13.1. The van der Waals surface area contributed by atoms with Gasteiger partial charge in [0.05, 0.1) is 47.2 Å². The van der Waals surface area contributed by atoms with E-state index in [-0.39, 0.29) is 80.4 Å². The van der Waals surface area contributed by atoms with Crippen molar-refractivity contribution in [3.63, 3.8) is 0 Å². The number of sulfonamides is 2. The number of anilines is 4. The van der Waals surface area contributed by atoms with E-state index in [1.807, 2.05) is 0 Å². The molecule has 7 aromatic rings. The van der Waals surface area contributed by atoms with Crippen molar-refractivity contribution in [3.8, 4) is 0 Å². The van der Waals surface area contributed by atoms with E-state index < -0.39 is 93.4 Å². The quantitative estimate of drug-likeness (QED) is 0.0343. The van der Waals surface area contributed by atoms with Gasteiger partial charge in [-0.25, -0.2) is 25.3 Å². The summed E-state index contributed by atoms with van der Waals surface area (Å²) in [7, 11) is -6.89. The van der Waals surface area contributed by atoms with Crippen molar-refractivity contribution in [2.24, 2.45) is 5.92 Å². The van der Waals surface area contributed by atoms with E-state index >= 15 is 0 Å². The first-order chi connectivity index (χ1) is 43.7. The SMILES string of the molecule is C.CC(C)C.CC(C)N(c1ccc(C(C)(O)C(F)(F)F)cc1Cl)S(=O)(=O)c1ccccc1Cl.CC(O)(c1ccc(N)c(Cl)c1)C(F)(F)F.CC(O)(c1ccc(N)cc1)C(F)(F)F.CC(O)(c1ccc(NS(=O)(=O)c2ccccc2Cl)c(Cl)c1)C(F)(F)F.O=S(=O)(Cl)c1ccccc1Cl. The lowest BCUT2D eigenvalue weighted by Crippen LogP contribution is -2.40. The number of halogens is 19. The molecule has 0 aliphatic heterocycles. The first-order valence-electron chi connectivity index (χ1n) is 27.2. The second kappa shape index (κ2) is 35.0. The number of alkyl halides is 12. The lowest BCUT2D eigenvalue weighted by Gasteiger charge is -2.31. The Bertz CT molecular complexity index is 4150. The Morgan fingerprint density at radius 1 is 0.418 bits per heavy atom. The average Bonchev–Trinajstić information content (AvgIpc) is 0.771. The average molecular weight is 1600 g/mol. The van der Waals surface area contributed by atoms with Crippen LogP contribution in [0.25, 0.3) is 0 Å². The minimum atomic E-state index is -4.93. The van der Waals surface area contributed by atoms with Crippen LogP contribution >= 0.6 is 80.3 Å². The zero-order chi connectivity index (χ0) is 75.4. The van der Waals surface area contributed by atoms with Gasteiger partial charge in [0.25, 0.3) is 29.1 Å². The van der Waals surface area contributed by atoms with E-state index in [4.69, 9.17) is 91.8 Å². The van der Waals surface area contributed by atoms with Gasteiger partial charge in [-0.1, -0.05) is 165 Å². The third-order valence-corrected chi connectivity index (χ3v) is 20.0. The van der Waals surface area contributed by atoms with Crippen LogP contribution in [0, 0.1) is 5.92 Å². The van der Waals surface area contributed by atoms with E-state index in [0.717, 1.165) is 70.9 Å². The Hall–Kier alpha value is -5.38. The maximum Gasteiger partial charge on any atom is 0.421 e. The summed E-state index contributed by atoms with van der Waals surface area (Å²) in [6.07, 6.45) is -19.3. The molecule has 0 heterocycles. The maximum absolute atomic E-state index is 13.1. The molecule has 0 saturated carbocycles. The van der Waals surface area contributed by atoms with E-state index in [9.17, 15) is 98.4 Å². The molecule has 36 heteroatoms. The largest absolute Gasteiger partial charge is 0.421 e. The van der Waals surface area contributed by atoms with E-state index in [1.54, 1.807) is 38.1 Å². The third-order valence-electron chi connectivity index (χ3n) is 12.8. The van der Waals surface area contributed by atoms with Crippen molar-refractivity contribution in [1.82, 2.24) is 0 Å². The topological polar surface area (TPSA) is 251 Å². The molecule has 0 bridgehead atoms. The summed E-state index contributed by atoms with van der Waals surface area (Å²) in [5, 5.41) is 37.6. The number of rotatable bonds is 12. The minimum absolute atomic E-state index is 0. The van der Waals surface area contributed by atoms with Gasteiger partial charge < -0.3 is 31.9 Å². The molecule has 0 amide bonds. The van der Waals surface area contributed by atoms with Gasteiger partial charge in [-0.3, -0.25) is 9.03 Å². The lowest BCUT2D eigenvalue weighted by molar-refractivity contribution is -0.259. The van der Waals surface area contributed by atoms with Crippen molar-refractivity contribution >= 4 is 132 Å². The summed E-state index contributed by atoms with van der Waals surface area (Å²) in [6.45, 7) is 12.2. The zero-order valence-corrected chi connectivity index (χ0v) is 59.6. The molecule has 7 aromatic carbocycles. The summed E-state index contributed by atoms with van der Waals surface area (Å²) in [4.78, 5) is -0.421. The number of nitrogens with zero attached hydrogens (tertiary/aromatic N) is 1. The second-order valence-corrected chi connectivity index (χ2v) is 30.4. The van der Waals surface area contributed by atoms with Crippen molar-refractivity contribution in [3.05, 3.63) is 204 Å². The van der Waals surface area contributed by atoms with Crippen molar-refractivity contribution in [2.45, 2.75) is 138 Å². The van der Waals surface area contributed by atoms with Gasteiger partial charge in [0.15, 0.2) is 22.4 Å². The molecule has 98 heavy (non-hydrogen) atoms. The van der Waals surface area contributed by atoms with Crippen LogP contribution in [0.2, 0.25) is 30.1 Å². The zero-order valence-electron chi connectivity index (χ0n) is 51.8. The van der Waals surface area contributed by atoms with Crippen LogP contribution in [0.1, 0.15) is 92.0 Å². The monoisotopic (exact) mass is 1600 g/mol. The van der Waals surface area contributed by atoms with E-state index in [1.165, 1.54) is 66.7 Å². The van der Waals surface area contributed by atoms with Gasteiger partial charge in [-0.2, -0.15) is 52.7 Å². The molecule has 0 radical (unpaired) electrons. The summed E-state index contributed by atoms with van der Waals surface area (Å²) in [5.74, 6) is 0.833. The van der Waals surface area contributed by atoms with Gasteiger partial charge in [-0.05, 0) is 155 Å². The van der Waals surface area contributed by atoms with Crippen molar-refractivity contribution in [1.29, 1.82) is 0 Å². The number of nitrogens with two attached hydrogens (primary N) is 2. The highest BCUT2D eigenvalue weighted by Gasteiger charge is 2.54. The predicted octanol–water partition coefficient (Wildman–Crippen LogP) is 19.2. The van der Waals surface area contributed by atoms with E-state index in [0.29, 0.717) is 33.4 Å². The minimum Gasteiger partial charge on any atom is -0.399 e. The molecule has 14 nitrogen and oxygen atoms in total. The molecule has 0 aliphatic carbocycles. The number of nitrogen functional groups attached to an aromatic ring is 2. The Labute approximate surface area is 594 Å². The van der Waals surface area contributed by atoms with Gasteiger partial charge in [0.1, 0.15) is 14.7 Å². The first-order valence-corrected chi connectivity index (χ1v) is 34.7. The number of benzene rings is 7. The number of hydrogen-bond acceptors (Lipinski definition) is 12. The van der Waals surface area contributed by atoms with Crippen LogP contribution in [0.4, 0.5) is 75.4 Å². The molecular weight excluding hydrogens is 1530 g/mol. The number of nitrogens with one attached hydrogen (secondary N) is 1. The van der Waals surface area contributed by atoms with E-state index in [2.05, 4.69) is 25.5 Å². The smallest absolute Gasteiger partial charge is 0.399 e.